The molecule has 0 atom stereocenters. The number of rotatable bonds is 7. The Morgan fingerprint density at radius 2 is 2.29 bits per heavy atom. The van der Waals surface area contributed by atoms with Gasteiger partial charge in [-0.2, -0.15) is 0 Å². The second-order valence-electron chi connectivity index (χ2n) is 3.20. The number of nitrogens with one attached hydrogen (secondary N) is 1. The van der Waals surface area contributed by atoms with Crippen molar-refractivity contribution in [3.8, 4) is 0 Å². The fourth-order valence-electron chi connectivity index (χ4n) is 1.30. The number of hydrogen-bond donors (Lipinski definition) is 1. The standard InChI is InChI=1S/C9H18N2O3/c1-13-5-6-14-4-2-3-11-8-10-7-9(11)12/h10H,2-8H2,1H3. The molecule has 0 aliphatic carbocycles. The van der Waals surface area contributed by atoms with Gasteiger partial charge in [0, 0.05) is 20.3 Å². The summed E-state index contributed by atoms with van der Waals surface area (Å²) in [7, 11) is 1.65. The normalized spacial score (nSPS) is 16.6. The van der Waals surface area contributed by atoms with E-state index in [0.717, 1.165) is 13.0 Å². The van der Waals surface area contributed by atoms with E-state index < -0.39 is 0 Å². The van der Waals surface area contributed by atoms with Crippen LogP contribution in [0.5, 0.6) is 0 Å². The Kier molecular flexibility index (Phi) is 5.51. The molecule has 82 valence electrons. The molecule has 1 aliphatic heterocycles. The lowest BCUT2D eigenvalue weighted by Crippen LogP contribution is -2.28. The van der Waals surface area contributed by atoms with Crippen LogP contribution in [0.1, 0.15) is 6.42 Å². The van der Waals surface area contributed by atoms with Crippen molar-refractivity contribution in [2.24, 2.45) is 0 Å². The lowest BCUT2D eigenvalue weighted by atomic mass is 10.4. The Balaban J connectivity index is 1.90. The molecule has 0 bridgehead atoms. The highest BCUT2D eigenvalue weighted by atomic mass is 16.5. The van der Waals surface area contributed by atoms with Crippen LogP contribution < -0.4 is 5.32 Å². The minimum absolute atomic E-state index is 0.182. The summed E-state index contributed by atoms with van der Waals surface area (Å²) < 4.78 is 10.1. The second kappa shape index (κ2) is 6.75. The Morgan fingerprint density at radius 1 is 1.43 bits per heavy atom. The van der Waals surface area contributed by atoms with Crippen LogP contribution in [0.3, 0.4) is 0 Å². The third kappa shape index (κ3) is 4.04. The Hall–Kier alpha value is -0.650. The molecule has 1 N–H and O–H groups in total. The van der Waals surface area contributed by atoms with Gasteiger partial charge in [0.25, 0.3) is 0 Å². The van der Waals surface area contributed by atoms with E-state index in [1.54, 1.807) is 12.0 Å². The zero-order chi connectivity index (χ0) is 10.2. The molecule has 1 aliphatic rings. The van der Waals surface area contributed by atoms with Crippen molar-refractivity contribution in [1.29, 1.82) is 0 Å². The van der Waals surface area contributed by atoms with E-state index in [-0.39, 0.29) is 5.91 Å². The number of carbonyl (C=O) groups is 1. The van der Waals surface area contributed by atoms with Crippen LogP contribution in [0, 0.1) is 0 Å². The van der Waals surface area contributed by atoms with Gasteiger partial charge in [-0.3, -0.25) is 10.1 Å². The van der Waals surface area contributed by atoms with Gasteiger partial charge in [-0.25, -0.2) is 0 Å². The number of ether oxygens (including phenoxy) is 2. The van der Waals surface area contributed by atoms with Crippen molar-refractivity contribution in [3.63, 3.8) is 0 Å². The molecular formula is C9H18N2O3. The quantitative estimate of drug-likeness (QED) is 0.562. The smallest absolute Gasteiger partial charge is 0.237 e. The molecule has 0 aromatic heterocycles. The van der Waals surface area contributed by atoms with Crippen LogP contribution in [0.4, 0.5) is 0 Å². The fourth-order valence-corrected chi connectivity index (χ4v) is 1.30. The van der Waals surface area contributed by atoms with Gasteiger partial charge in [-0.1, -0.05) is 0 Å². The number of nitrogens with zero attached hydrogens (tertiary/aromatic N) is 1. The van der Waals surface area contributed by atoms with E-state index in [2.05, 4.69) is 5.32 Å². The third-order valence-corrected chi connectivity index (χ3v) is 2.08. The minimum atomic E-state index is 0.182. The number of carbonyl (C=O) groups excluding carboxylic acids is 1. The number of methoxy groups -OCH3 is 1. The minimum Gasteiger partial charge on any atom is -0.382 e. The highest BCUT2D eigenvalue weighted by Gasteiger charge is 2.18. The first-order valence-corrected chi connectivity index (χ1v) is 4.90. The van der Waals surface area contributed by atoms with E-state index in [0.29, 0.717) is 33.0 Å². The summed E-state index contributed by atoms with van der Waals surface area (Å²) in [6.07, 6.45) is 0.886. The first-order valence-electron chi connectivity index (χ1n) is 4.90. The second-order valence-corrected chi connectivity index (χ2v) is 3.20. The van der Waals surface area contributed by atoms with Crippen LogP contribution in [0.15, 0.2) is 0 Å². The molecule has 0 spiro atoms. The predicted molar refractivity (Wildman–Crippen MR) is 51.9 cm³/mol. The molecule has 0 aromatic rings. The van der Waals surface area contributed by atoms with Gasteiger partial charge < -0.3 is 14.4 Å². The SMILES string of the molecule is COCCOCCCN1CNCC1=O. The van der Waals surface area contributed by atoms with Crippen molar-refractivity contribution in [2.75, 3.05) is 46.7 Å². The molecule has 0 saturated carbocycles. The molecule has 5 heteroatoms. The van der Waals surface area contributed by atoms with Gasteiger partial charge >= 0.3 is 0 Å². The first kappa shape index (κ1) is 11.4. The highest BCUT2D eigenvalue weighted by Crippen LogP contribution is 1.96. The maximum atomic E-state index is 11.1. The van der Waals surface area contributed by atoms with Crippen molar-refractivity contribution in [2.45, 2.75) is 6.42 Å². The average molecular weight is 202 g/mol. The largest absolute Gasteiger partial charge is 0.382 e. The Bertz CT molecular complexity index is 175. The highest BCUT2D eigenvalue weighted by molar-refractivity contribution is 5.79. The molecule has 5 nitrogen and oxygen atoms in total. The van der Waals surface area contributed by atoms with Gasteiger partial charge in [0.15, 0.2) is 0 Å². The molecule has 1 rings (SSSR count). The van der Waals surface area contributed by atoms with Gasteiger partial charge in [0.05, 0.1) is 26.4 Å². The number of hydrogen-bond acceptors (Lipinski definition) is 4. The predicted octanol–water partition coefficient (Wildman–Crippen LogP) is -0.571. The summed E-state index contributed by atoms with van der Waals surface area (Å²) in [6.45, 7) is 3.88. The number of amides is 1. The zero-order valence-corrected chi connectivity index (χ0v) is 8.62. The molecule has 0 radical (unpaired) electrons. The summed E-state index contributed by atoms with van der Waals surface area (Å²) >= 11 is 0. The van der Waals surface area contributed by atoms with Crippen LogP contribution in [-0.2, 0) is 14.3 Å². The maximum Gasteiger partial charge on any atom is 0.237 e. The summed E-state index contributed by atoms with van der Waals surface area (Å²) in [5, 5.41) is 3.00. The van der Waals surface area contributed by atoms with E-state index in [4.69, 9.17) is 9.47 Å². The van der Waals surface area contributed by atoms with Crippen LogP contribution >= 0.6 is 0 Å². The molecule has 14 heavy (non-hydrogen) atoms. The summed E-state index contributed by atoms with van der Waals surface area (Å²) in [5.74, 6) is 0.182. The molecule has 1 amide bonds. The van der Waals surface area contributed by atoms with Crippen molar-refractivity contribution < 1.29 is 14.3 Å². The Morgan fingerprint density at radius 3 is 2.93 bits per heavy atom. The van der Waals surface area contributed by atoms with Crippen LogP contribution in [0.2, 0.25) is 0 Å². The van der Waals surface area contributed by atoms with Crippen molar-refractivity contribution in [3.05, 3.63) is 0 Å². The van der Waals surface area contributed by atoms with Gasteiger partial charge in [0.1, 0.15) is 0 Å². The van der Waals surface area contributed by atoms with Crippen molar-refractivity contribution in [1.82, 2.24) is 10.2 Å². The average Bonchev–Trinajstić information content (AvgIpc) is 2.58. The summed E-state index contributed by atoms with van der Waals surface area (Å²) in [6, 6.07) is 0. The fraction of sp³-hybridized carbons (Fsp3) is 0.889. The molecule has 0 aromatic carbocycles. The van der Waals surface area contributed by atoms with Gasteiger partial charge in [-0.05, 0) is 6.42 Å². The topological polar surface area (TPSA) is 50.8 Å². The molecular weight excluding hydrogens is 184 g/mol. The van der Waals surface area contributed by atoms with E-state index in [1.807, 2.05) is 0 Å². The van der Waals surface area contributed by atoms with Gasteiger partial charge in [-0.15, -0.1) is 0 Å². The van der Waals surface area contributed by atoms with E-state index in [1.165, 1.54) is 0 Å². The first-order chi connectivity index (χ1) is 6.84. The zero-order valence-electron chi connectivity index (χ0n) is 8.62. The summed E-state index contributed by atoms with van der Waals surface area (Å²) in [5.41, 5.74) is 0. The van der Waals surface area contributed by atoms with Gasteiger partial charge in [0.2, 0.25) is 5.91 Å². The monoisotopic (exact) mass is 202 g/mol. The third-order valence-electron chi connectivity index (χ3n) is 2.08. The lowest BCUT2D eigenvalue weighted by Gasteiger charge is -2.13. The Labute approximate surface area is 84.4 Å². The summed E-state index contributed by atoms with van der Waals surface area (Å²) in [4.78, 5) is 12.9. The molecule has 1 heterocycles. The lowest BCUT2D eigenvalue weighted by molar-refractivity contribution is -0.126. The van der Waals surface area contributed by atoms with Crippen LogP contribution in [-0.4, -0.2) is 57.5 Å². The van der Waals surface area contributed by atoms with Crippen molar-refractivity contribution >= 4 is 5.91 Å². The van der Waals surface area contributed by atoms with Crippen LogP contribution in [0.25, 0.3) is 0 Å². The molecule has 1 fully saturated rings. The maximum absolute atomic E-state index is 11.1. The van der Waals surface area contributed by atoms with E-state index in [9.17, 15) is 4.79 Å². The van der Waals surface area contributed by atoms with E-state index >= 15 is 0 Å². The molecule has 0 unspecified atom stereocenters. The molecule has 1 saturated heterocycles.